The van der Waals surface area contributed by atoms with Crippen molar-refractivity contribution in [3.8, 4) is 0 Å². The quantitative estimate of drug-likeness (QED) is 0.106. The predicted octanol–water partition coefficient (Wildman–Crippen LogP) is 7.14. The van der Waals surface area contributed by atoms with Crippen LogP contribution in [0.3, 0.4) is 0 Å². The summed E-state index contributed by atoms with van der Waals surface area (Å²) in [5, 5.41) is 8.61. The number of hydrogen-bond acceptors (Lipinski definition) is 4. The fourth-order valence-corrected chi connectivity index (χ4v) is 2.81. The fraction of sp³-hybridized carbons (Fsp3) is 0.737. The van der Waals surface area contributed by atoms with Crippen LogP contribution in [0.15, 0.2) is 24.5 Å². The summed E-state index contributed by atoms with van der Waals surface area (Å²) in [5.41, 5.74) is -5.79. The average molecular weight is 805 g/mol. The first-order chi connectivity index (χ1) is 21.0. The molecule has 0 fully saturated rings. The molecule has 1 aromatic rings. The van der Waals surface area contributed by atoms with Crippen molar-refractivity contribution in [3.63, 3.8) is 0 Å². The maximum atomic E-state index is 14.2. The predicted molar refractivity (Wildman–Crippen MR) is 104 cm³/mol. The number of aliphatic hydroxyl groups excluding tert-OH is 1. The number of aromatic nitrogens is 1. The molecule has 1 aromatic heterocycles. The van der Waals surface area contributed by atoms with Gasteiger partial charge in [0.05, 0.1) is 0 Å². The molecule has 0 bridgehead atoms. The van der Waals surface area contributed by atoms with Crippen molar-refractivity contribution >= 4 is 10.1 Å². The number of aryl methyl sites for hydroxylation is 1. The van der Waals surface area contributed by atoms with Gasteiger partial charge in [0.1, 0.15) is 0 Å². The van der Waals surface area contributed by atoms with E-state index in [0.717, 1.165) is 0 Å². The van der Waals surface area contributed by atoms with Crippen molar-refractivity contribution in [2.75, 3.05) is 6.61 Å². The number of nitrogens with zero attached hydrogens (tertiary/aromatic N) is 1. The van der Waals surface area contributed by atoms with E-state index in [4.69, 9.17) is 18.1 Å². The highest BCUT2D eigenvalue weighted by molar-refractivity contribution is 7.86. The Bertz CT molecular complexity index is 1380. The Hall–Kier alpha value is -2.66. The first kappa shape index (κ1) is 46.3. The number of alkyl halides is 24. The standard InChI is InChI=1S/C18H11F21NO.CHF3O3S/c19-9(20,11(23,24)13(27,28)15(31,32)17(35,36)37)10(21,22)12(25,26)14(29,30)16(33,34)18(38,39)40-5-3-8(4-6-40)2-1-7-41;2-1(3,4)8(5,6)7/h3-6,41H,1-2,7H2;(H,5,6,7)/q+1;/p-1. The number of hydrogen-bond donors (Lipinski definition) is 1. The van der Waals surface area contributed by atoms with E-state index >= 15 is 0 Å². The highest BCUT2D eigenvalue weighted by Crippen LogP contribution is 2.66. The van der Waals surface area contributed by atoms with Crippen LogP contribution in [0.4, 0.5) is 105 Å². The van der Waals surface area contributed by atoms with Crippen molar-refractivity contribution in [1.82, 2.24) is 0 Å². The second-order valence-electron chi connectivity index (χ2n) is 8.97. The average Bonchev–Trinajstić information content (AvgIpc) is 2.89. The third kappa shape index (κ3) is 7.39. The van der Waals surface area contributed by atoms with Gasteiger partial charge in [-0.2, -0.15) is 96.6 Å². The minimum absolute atomic E-state index is 0.122. The monoisotopic (exact) mass is 805 g/mol. The van der Waals surface area contributed by atoms with Crippen LogP contribution in [-0.2, 0) is 22.6 Å². The van der Waals surface area contributed by atoms with E-state index in [1.807, 2.05) is 0 Å². The Kier molecular flexibility index (Phi) is 12.4. The molecule has 1 heterocycles. The molecule has 290 valence electrons. The molecule has 0 aliphatic carbocycles. The summed E-state index contributed by atoms with van der Waals surface area (Å²) in [6.07, 6.45) is -8.95. The largest absolute Gasteiger partial charge is 0.741 e. The molecule has 0 spiro atoms. The van der Waals surface area contributed by atoms with Crippen LogP contribution in [-0.4, -0.2) is 83.7 Å². The first-order valence-electron chi connectivity index (χ1n) is 11.1. The highest BCUT2D eigenvalue weighted by atomic mass is 32.2. The van der Waals surface area contributed by atoms with E-state index in [2.05, 4.69) is 0 Å². The Labute approximate surface area is 253 Å². The Morgan fingerprint density at radius 3 is 1.04 bits per heavy atom. The molecular formula is C19H11F24NO4S. The topological polar surface area (TPSA) is 81.3 Å². The molecule has 0 unspecified atom stereocenters. The van der Waals surface area contributed by atoms with E-state index in [1.165, 1.54) is 0 Å². The van der Waals surface area contributed by atoms with Gasteiger partial charge in [-0.3, -0.25) is 0 Å². The Morgan fingerprint density at radius 2 is 0.796 bits per heavy atom. The smallest absolute Gasteiger partial charge is 0.534 e. The number of halogens is 24. The van der Waals surface area contributed by atoms with E-state index in [-0.39, 0.29) is 30.8 Å². The molecule has 49 heavy (non-hydrogen) atoms. The number of aliphatic hydroxyl groups is 1. The summed E-state index contributed by atoms with van der Waals surface area (Å²) in [7, 11) is -6.09. The van der Waals surface area contributed by atoms with Crippen molar-refractivity contribution in [3.05, 3.63) is 30.1 Å². The number of rotatable bonds is 12. The lowest BCUT2D eigenvalue weighted by atomic mass is 9.87. The lowest BCUT2D eigenvalue weighted by molar-refractivity contribution is -0.849. The van der Waals surface area contributed by atoms with Gasteiger partial charge >= 0.3 is 65.1 Å². The SMILES string of the molecule is O=S(=O)([O-])C(F)(F)F.OCCCc1cc[n+](C(F)(F)C(F)(F)C(F)(F)C(F)(F)C(F)(F)C(F)(F)C(F)(F)C(F)(F)C(F)(F)C(F)(F)F)cc1. The summed E-state index contributed by atoms with van der Waals surface area (Å²) >= 11 is 0. The van der Waals surface area contributed by atoms with Crippen LogP contribution in [0, 0.1) is 0 Å². The number of pyridine rings is 1. The summed E-state index contributed by atoms with van der Waals surface area (Å²) in [4.78, 5) is 0. The summed E-state index contributed by atoms with van der Waals surface area (Å²) in [6.45, 7) is -0.540. The summed E-state index contributed by atoms with van der Waals surface area (Å²) < 4.78 is 339. The van der Waals surface area contributed by atoms with Crippen molar-refractivity contribution in [1.29, 1.82) is 0 Å². The Morgan fingerprint density at radius 1 is 0.531 bits per heavy atom. The third-order valence-corrected chi connectivity index (χ3v) is 6.19. The van der Waals surface area contributed by atoms with Gasteiger partial charge in [-0.05, 0) is 18.4 Å². The van der Waals surface area contributed by atoms with Gasteiger partial charge in [-0.1, -0.05) is 0 Å². The third-order valence-electron chi connectivity index (χ3n) is 5.62. The van der Waals surface area contributed by atoms with Gasteiger partial charge in [0.15, 0.2) is 22.5 Å². The second-order valence-corrected chi connectivity index (χ2v) is 10.3. The van der Waals surface area contributed by atoms with Gasteiger partial charge < -0.3 is 9.66 Å². The van der Waals surface area contributed by atoms with E-state index in [0.29, 0.717) is 12.1 Å². The van der Waals surface area contributed by atoms with Crippen LogP contribution in [0.1, 0.15) is 12.0 Å². The van der Waals surface area contributed by atoms with Crippen molar-refractivity contribution < 1.29 is 128 Å². The molecule has 0 amide bonds. The zero-order valence-electron chi connectivity index (χ0n) is 22.0. The molecule has 5 nitrogen and oxygen atoms in total. The van der Waals surface area contributed by atoms with Crippen LogP contribution >= 0.6 is 0 Å². The van der Waals surface area contributed by atoms with Crippen LogP contribution in [0.2, 0.25) is 0 Å². The maximum absolute atomic E-state index is 14.2. The molecule has 0 atom stereocenters. The van der Waals surface area contributed by atoms with Crippen LogP contribution < -0.4 is 4.57 Å². The van der Waals surface area contributed by atoms with Crippen LogP contribution in [0.25, 0.3) is 0 Å². The first-order valence-corrected chi connectivity index (χ1v) is 12.6. The summed E-state index contributed by atoms with van der Waals surface area (Å²) in [5.74, 6) is -70.5. The lowest BCUT2D eigenvalue weighted by Crippen LogP contribution is -2.78. The van der Waals surface area contributed by atoms with E-state index in [9.17, 15) is 105 Å². The molecule has 0 aromatic carbocycles. The van der Waals surface area contributed by atoms with E-state index < -0.39 is 86.4 Å². The minimum atomic E-state index is -9.20. The second kappa shape index (κ2) is 13.1. The zero-order valence-corrected chi connectivity index (χ0v) is 22.8. The van der Waals surface area contributed by atoms with Gasteiger partial charge in [-0.25, -0.2) is 8.42 Å². The molecule has 1 N–H and O–H groups in total. The molecule has 0 aliphatic heterocycles. The molecule has 30 heteroatoms. The molecular weight excluding hydrogens is 794 g/mol. The maximum Gasteiger partial charge on any atom is 0.534 e. The lowest BCUT2D eigenvalue weighted by Gasteiger charge is -2.43. The van der Waals surface area contributed by atoms with Crippen molar-refractivity contribution in [2.24, 2.45) is 0 Å². The molecule has 0 aliphatic rings. The highest BCUT2D eigenvalue weighted by Gasteiger charge is 2.99. The molecule has 0 saturated carbocycles. The Balaban J connectivity index is 0.00000254. The van der Waals surface area contributed by atoms with E-state index in [1.54, 1.807) is 0 Å². The zero-order chi connectivity index (χ0) is 40.1. The molecule has 1 rings (SSSR count). The fourth-order valence-electron chi connectivity index (χ4n) is 2.81. The van der Waals surface area contributed by atoms with Gasteiger partial charge in [0.2, 0.25) is 0 Å². The van der Waals surface area contributed by atoms with Gasteiger partial charge in [0, 0.05) is 18.7 Å². The molecule has 0 radical (unpaired) electrons. The summed E-state index contributed by atoms with van der Waals surface area (Å²) in [6, 6.07) is -6.12. The molecule has 0 saturated heterocycles. The van der Waals surface area contributed by atoms with Crippen molar-refractivity contribution in [2.45, 2.75) is 78.0 Å². The van der Waals surface area contributed by atoms with Crippen LogP contribution in [0.5, 0.6) is 0 Å². The van der Waals surface area contributed by atoms with Gasteiger partial charge in [0.25, 0.3) is 0 Å². The van der Waals surface area contributed by atoms with Gasteiger partial charge in [-0.15, -0.1) is 13.3 Å². The minimum Gasteiger partial charge on any atom is -0.741 e. The normalized spacial score (nSPS) is 15.6.